The van der Waals surface area contributed by atoms with Crippen molar-refractivity contribution < 1.29 is 0 Å². The Bertz CT molecular complexity index is 511. The number of nitrogen functional groups attached to an aromatic ring is 1. The molecule has 90 valence electrons. The minimum Gasteiger partial charge on any atom is -0.399 e. The molecule has 0 unspecified atom stereocenters. The Labute approximate surface area is 101 Å². The minimum atomic E-state index is 0.747. The van der Waals surface area contributed by atoms with E-state index in [1.165, 1.54) is 18.4 Å². The van der Waals surface area contributed by atoms with Crippen LogP contribution < -0.4 is 11.1 Å². The third kappa shape index (κ3) is 2.13. The van der Waals surface area contributed by atoms with Crippen molar-refractivity contribution in [3.63, 3.8) is 0 Å². The molecule has 0 spiro atoms. The first kappa shape index (κ1) is 10.6. The second kappa shape index (κ2) is 4.37. The van der Waals surface area contributed by atoms with E-state index in [1.807, 2.05) is 18.3 Å². The van der Waals surface area contributed by atoms with E-state index in [-0.39, 0.29) is 0 Å². The topological polar surface area (TPSA) is 55.9 Å². The summed E-state index contributed by atoms with van der Waals surface area (Å²) in [4.78, 5) is 0. The summed E-state index contributed by atoms with van der Waals surface area (Å²) in [6.45, 7) is 3.29. The van der Waals surface area contributed by atoms with Crippen molar-refractivity contribution in [1.29, 1.82) is 0 Å². The number of nitrogens with one attached hydrogen (secondary N) is 1. The number of piperidine rings is 1. The molecule has 1 aromatic carbocycles. The van der Waals surface area contributed by atoms with Crippen molar-refractivity contribution >= 4 is 16.6 Å². The molecule has 1 aliphatic rings. The van der Waals surface area contributed by atoms with Gasteiger partial charge in [0.15, 0.2) is 0 Å². The molecular formula is C13H18N4. The lowest BCUT2D eigenvalue weighted by Gasteiger charge is -2.22. The van der Waals surface area contributed by atoms with Gasteiger partial charge in [0.2, 0.25) is 0 Å². The van der Waals surface area contributed by atoms with Gasteiger partial charge >= 0.3 is 0 Å². The number of fused-ring (bicyclic) bond motifs is 1. The van der Waals surface area contributed by atoms with Gasteiger partial charge in [0.05, 0.1) is 11.7 Å². The van der Waals surface area contributed by atoms with Crippen LogP contribution in [0.1, 0.15) is 12.8 Å². The van der Waals surface area contributed by atoms with Crippen LogP contribution in [0.4, 0.5) is 5.69 Å². The Kier molecular flexibility index (Phi) is 2.73. The summed E-state index contributed by atoms with van der Waals surface area (Å²) in [6, 6.07) is 6.00. The van der Waals surface area contributed by atoms with Gasteiger partial charge in [-0.05, 0) is 50.0 Å². The van der Waals surface area contributed by atoms with Crippen molar-refractivity contribution in [1.82, 2.24) is 15.1 Å². The second-order valence-corrected chi connectivity index (χ2v) is 4.84. The van der Waals surface area contributed by atoms with Gasteiger partial charge in [-0.3, -0.25) is 4.68 Å². The molecule has 4 nitrogen and oxygen atoms in total. The summed E-state index contributed by atoms with van der Waals surface area (Å²) in [7, 11) is 0. The smallest absolute Gasteiger partial charge is 0.0684 e. The van der Waals surface area contributed by atoms with Crippen molar-refractivity contribution in [2.75, 3.05) is 18.8 Å². The lowest BCUT2D eigenvalue weighted by atomic mass is 9.98. The second-order valence-electron chi connectivity index (χ2n) is 4.84. The van der Waals surface area contributed by atoms with Crippen molar-refractivity contribution in [3.8, 4) is 0 Å². The predicted octanol–water partition coefficient (Wildman–Crippen LogP) is 1.62. The monoisotopic (exact) mass is 230 g/mol. The van der Waals surface area contributed by atoms with Crippen LogP contribution in [0.3, 0.4) is 0 Å². The summed E-state index contributed by atoms with van der Waals surface area (Å²) < 4.78 is 2.12. The van der Waals surface area contributed by atoms with Crippen LogP contribution in [0.25, 0.3) is 10.9 Å². The maximum Gasteiger partial charge on any atom is 0.0684 e. The van der Waals surface area contributed by atoms with Gasteiger partial charge in [0, 0.05) is 17.6 Å². The molecule has 0 saturated carbocycles. The van der Waals surface area contributed by atoms with Gasteiger partial charge in [0.1, 0.15) is 0 Å². The van der Waals surface area contributed by atoms with Crippen molar-refractivity contribution in [2.24, 2.45) is 5.92 Å². The summed E-state index contributed by atoms with van der Waals surface area (Å²) in [5.41, 5.74) is 7.77. The molecule has 3 N–H and O–H groups in total. The molecule has 0 amide bonds. The first-order valence-corrected chi connectivity index (χ1v) is 6.25. The largest absolute Gasteiger partial charge is 0.399 e. The zero-order valence-electron chi connectivity index (χ0n) is 9.89. The summed E-state index contributed by atoms with van der Waals surface area (Å²) >= 11 is 0. The predicted molar refractivity (Wildman–Crippen MR) is 69.7 cm³/mol. The molecule has 0 radical (unpaired) electrons. The van der Waals surface area contributed by atoms with Crippen LogP contribution in [-0.2, 0) is 6.54 Å². The van der Waals surface area contributed by atoms with Crippen LogP contribution in [0, 0.1) is 5.92 Å². The normalized spacial score (nSPS) is 17.6. The Balaban J connectivity index is 1.84. The van der Waals surface area contributed by atoms with E-state index in [2.05, 4.69) is 21.2 Å². The SMILES string of the molecule is Nc1ccc2c(cnn2CC2CCNCC2)c1. The summed E-state index contributed by atoms with van der Waals surface area (Å²) in [6.07, 6.45) is 4.40. The molecule has 0 aliphatic carbocycles. The Hall–Kier alpha value is -1.55. The number of benzene rings is 1. The standard InChI is InChI=1S/C13H18N4/c14-12-1-2-13-11(7-12)8-16-17(13)9-10-3-5-15-6-4-10/h1-2,7-8,10,15H,3-6,9,14H2. The molecule has 0 bridgehead atoms. The van der Waals surface area contributed by atoms with Gasteiger partial charge in [-0.25, -0.2) is 0 Å². The number of anilines is 1. The van der Waals surface area contributed by atoms with Crippen LogP contribution in [0.2, 0.25) is 0 Å². The third-order valence-corrected chi connectivity index (χ3v) is 3.56. The molecule has 2 heterocycles. The van der Waals surface area contributed by atoms with Gasteiger partial charge < -0.3 is 11.1 Å². The third-order valence-electron chi connectivity index (χ3n) is 3.56. The van der Waals surface area contributed by atoms with Crippen molar-refractivity contribution in [3.05, 3.63) is 24.4 Å². The van der Waals surface area contributed by atoms with E-state index in [0.717, 1.165) is 36.6 Å². The highest BCUT2D eigenvalue weighted by molar-refractivity contribution is 5.81. The molecule has 1 aliphatic heterocycles. The zero-order chi connectivity index (χ0) is 11.7. The molecular weight excluding hydrogens is 212 g/mol. The van der Waals surface area contributed by atoms with E-state index in [4.69, 9.17) is 5.73 Å². The molecule has 1 aromatic heterocycles. The molecule has 4 heteroatoms. The van der Waals surface area contributed by atoms with Crippen LogP contribution >= 0.6 is 0 Å². The fourth-order valence-electron chi connectivity index (χ4n) is 2.56. The number of rotatable bonds is 2. The van der Waals surface area contributed by atoms with E-state index < -0.39 is 0 Å². The van der Waals surface area contributed by atoms with Gasteiger partial charge in [0.25, 0.3) is 0 Å². The Morgan fingerprint density at radius 2 is 2.18 bits per heavy atom. The molecule has 3 rings (SSSR count). The van der Waals surface area contributed by atoms with Gasteiger partial charge in [-0.1, -0.05) is 0 Å². The van der Waals surface area contributed by atoms with E-state index in [1.54, 1.807) is 0 Å². The van der Waals surface area contributed by atoms with Gasteiger partial charge in [-0.15, -0.1) is 0 Å². The van der Waals surface area contributed by atoms with E-state index in [0.29, 0.717) is 0 Å². The summed E-state index contributed by atoms with van der Waals surface area (Å²) in [5.74, 6) is 0.747. The molecule has 0 atom stereocenters. The quantitative estimate of drug-likeness (QED) is 0.771. The molecule has 1 saturated heterocycles. The van der Waals surface area contributed by atoms with E-state index in [9.17, 15) is 0 Å². The van der Waals surface area contributed by atoms with Crippen LogP contribution in [-0.4, -0.2) is 22.9 Å². The number of aromatic nitrogens is 2. The number of hydrogen-bond donors (Lipinski definition) is 2. The van der Waals surface area contributed by atoms with Crippen LogP contribution in [0.5, 0.6) is 0 Å². The Morgan fingerprint density at radius 1 is 1.35 bits per heavy atom. The lowest BCUT2D eigenvalue weighted by Crippen LogP contribution is -2.30. The highest BCUT2D eigenvalue weighted by Gasteiger charge is 2.14. The number of hydrogen-bond acceptors (Lipinski definition) is 3. The number of nitrogens with zero attached hydrogens (tertiary/aromatic N) is 2. The minimum absolute atomic E-state index is 0.747. The maximum absolute atomic E-state index is 5.77. The highest BCUT2D eigenvalue weighted by atomic mass is 15.3. The average Bonchev–Trinajstić information content (AvgIpc) is 2.73. The number of nitrogens with two attached hydrogens (primary N) is 1. The first-order valence-electron chi connectivity index (χ1n) is 6.25. The highest BCUT2D eigenvalue weighted by Crippen LogP contribution is 2.20. The lowest BCUT2D eigenvalue weighted by molar-refractivity contribution is 0.325. The maximum atomic E-state index is 5.77. The van der Waals surface area contributed by atoms with Crippen LogP contribution in [0.15, 0.2) is 24.4 Å². The molecule has 17 heavy (non-hydrogen) atoms. The van der Waals surface area contributed by atoms with Crippen molar-refractivity contribution in [2.45, 2.75) is 19.4 Å². The zero-order valence-corrected chi connectivity index (χ0v) is 9.89. The average molecular weight is 230 g/mol. The summed E-state index contributed by atoms with van der Waals surface area (Å²) in [5, 5.41) is 9.00. The Morgan fingerprint density at radius 3 is 3.00 bits per heavy atom. The fourth-order valence-corrected chi connectivity index (χ4v) is 2.56. The van der Waals surface area contributed by atoms with Gasteiger partial charge in [-0.2, -0.15) is 5.10 Å². The van der Waals surface area contributed by atoms with E-state index >= 15 is 0 Å². The first-order chi connectivity index (χ1) is 8.33. The molecule has 2 aromatic rings. The molecule has 1 fully saturated rings. The fraction of sp³-hybridized carbons (Fsp3) is 0.462.